The molecule has 0 nitrogen and oxygen atoms in total. The van der Waals surface area contributed by atoms with Gasteiger partial charge >= 0.3 is 0 Å². The van der Waals surface area contributed by atoms with Gasteiger partial charge in [0.2, 0.25) is 0 Å². The van der Waals surface area contributed by atoms with Gasteiger partial charge in [0, 0.05) is 0 Å². The van der Waals surface area contributed by atoms with Crippen LogP contribution in [0.25, 0.3) is 55.6 Å². The van der Waals surface area contributed by atoms with E-state index in [1.165, 1.54) is 100 Å². The van der Waals surface area contributed by atoms with Crippen LogP contribution in [0, 0.1) is 0 Å². The van der Waals surface area contributed by atoms with Crippen molar-refractivity contribution in [3.05, 3.63) is 226 Å². The maximum Gasteiger partial charge on any atom is 0.0713 e. The topological polar surface area (TPSA) is 0 Å². The fourth-order valence-corrected chi connectivity index (χ4v) is 9.68. The Morgan fingerprint density at radius 2 is 0.627 bits per heavy atom. The molecule has 238 valence electrons. The van der Waals surface area contributed by atoms with E-state index in [1.54, 1.807) is 0 Å². The summed E-state index contributed by atoms with van der Waals surface area (Å²) in [5.41, 5.74) is 23.9. The zero-order valence-corrected chi connectivity index (χ0v) is 28.2. The molecule has 0 unspecified atom stereocenters. The van der Waals surface area contributed by atoms with Crippen LogP contribution in [0.15, 0.2) is 182 Å². The van der Waals surface area contributed by atoms with Crippen LogP contribution in [-0.4, -0.2) is 0 Å². The molecule has 0 bridgehead atoms. The molecule has 0 fully saturated rings. The summed E-state index contributed by atoms with van der Waals surface area (Å²) in [4.78, 5) is 0. The van der Waals surface area contributed by atoms with E-state index in [0.29, 0.717) is 0 Å². The van der Waals surface area contributed by atoms with E-state index in [-0.39, 0.29) is 0 Å². The number of hydrogen-bond donors (Lipinski definition) is 0. The smallest absolute Gasteiger partial charge is 0.0619 e. The summed E-state index contributed by atoms with van der Waals surface area (Å²) in [6, 6.07) is 68.4. The predicted molar refractivity (Wildman–Crippen MR) is 211 cm³/mol. The average Bonchev–Trinajstić information content (AvgIpc) is 3.87. The highest BCUT2D eigenvalue weighted by Crippen LogP contribution is 2.56. The predicted octanol–water partition coefficient (Wildman–Crippen LogP) is 12.5. The summed E-state index contributed by atoms with van der Waals surface area (Å²) in [5.74, 6) is 0. The summed E-state index contributed by atoms with van der Waals surface area (Å²) in [6.07, 6.45) is 1.97. The minimum Gasteiger partial charge on any atom is -0.0619 e. The molecule has 3 aliphatic carbocycles. The summed E-state index contributed by atoms with van der Waals surface area (Å²) in [7, 11) is 0. The molecule has 51 heavy (non-hydrogen) atoms. The molecule has 0 heterocycles. The Bertz CT molecular complexity index is 2480. The van der Waals surface area contributed by atoms with E-state index in [4.69, 9.17) is 0 Å². The lowest BCUT2D eigenvalue weighted by Gasteiger charge is -2.34. The first-order valence-corrected chi connectivity index (χ1v) is 18.1. The van der Waals surface area contributed by atoms with Crippen LogP contribution < -0.4 is 0 Å². The lowest BCUT2D eigenvalue weighted by molar-refractivity contribution is 0.769. The summed E-state index contributed by atoms with van der Waals surface area (Å²) >= 11 is 0. The molecule has 0 aliphatic heterocycles. The van der Waals surface area contributed by atoms with Gasteiger partial charge in [-0.05, 0) is 113 Å². The van der Waals surface area contributed by atoms with Crippen LogP contribution in [0.2, 0.25) is 0 Å². The molecule has 3 aliphatic rings. The Morgan fingerprint density at radius 3 is 1.08 bits per heavy atom. The summed E-state index contributed by atoms with van der Waals surface area (Å²) in [6.45, 7) is 0. The molecule has 8 aromatic rings. The Morgan fingerprint density at radius 1 is 0.275 bits per heavy atom. The van der Waals surface area contributed by atoms with Gasteiger partial charge in [-0.2, -0.15) is 0 Å². The first-order chi connectivity index (χ1) is 25.3. The van der Waals surface area contributed by atoms with Crippen LogP contribution >= 0.6 is 0 Å². The molecular formula is C51H34. The Kier molecular flexibility index (Phi) is 6.10. The summed E-state index contributed by atoms with van der Waals surface area (Å²) in [5, 5.41) is 0. The highest BCUT2D eigenvalue weighted by atomic mass is 14.5. The standard InChI is InChI=1S/C51H34/c1-3-13-41-35(11-1)31-47-39(17-9-19-43(41)47)33-23-27-37(28-24-33)51(49-21-7-5-15-45(49)46-16-6-8-22-50(46)51)38-29-25-34(26-30-38)40-18-10-20-44-42-14-4-2-12-36(42)32-48(40)44/h1-30H,31-32H2. The zero-order valence-electron chi connectivity index (χ0n) is 28.2. The van der Waals surface area contributed by atoms with Crippen molar-refractivity contribution in [3.63, 3.8) is 0 Å². The average molecular weight is 647 g/mol. The van der Waals surface area contributed by atoms with Crippen LogP contribution in [-0.2, 0) is 18.3 Å². The maximum absolute atomic E-state index is 2.39. The van der Waals surface area contributed by atoms with Crippen LogP contribution in [0.5, 0.6) is 0 Å². The highest BCUT2D eigenvalue weighted by molar-refractivity contribution is 5.89. The third-order valence-corrected chi connectivity index (χ3v) is 11.9. The van der Waals surface area contributed by atoms with Gasteiger partial charge in [0.1, 0.15) is 0 Å². The van der Waals surface area contributed by atoms with Crippen molar-refractivity contribution in [3.8, 4) is 55.6 Å². The summed E-state index contributed by atoms with van der Waals surface area (Å²) < 4.78 is 0. The van der Waals surface area contributed by atoms with Gasteiger partial charge in [-0.25, -0.2) is 0 Å². The van der Waals surface area contributed by atoms with Gasteiger partial charge < -0.3 is 0 Å². The van der Waals surface area contributed by atoms with Crippen molar-refractivity contribution < 1.29 is 0 Å². The molecule has 0 saturated carbocycles. The molecule has 0 atom stereocenters. The van der Waals surface area contributed by atoms with E-state index >= 15 is 0 Å². The SMILES string of the molecule is c1ccc2c(c1)Cc1c(-c3ccc(C4(c5ccc(-c6cccc7c6Cc6ccccc6-7)cc5)c5ccccc5-c5ccccc54)cc3)cccc1-2. The first kappa shape index (κ1) is 28.6. The van der Waals surface area contributed by atoms with Crippen molar-refractivity contribution in [2.75, 3.05) is 0 Å². The van der Waals surface area contributed by atoms with E-state index in [0.717, 1.165) is 12.8 Å². The van der Waals surface area contributed by atoms with Crippen LogP contribution in [0.3, 0.4) is 0 Å². The van der Waals surface area contributed by atoms with E-state index < -0.39 is 5.41 Å². The van der Waals surface area contributed by atoms with Crippen molar-refractivity contribution in [2.24, 2.45) is 0 Å². The third-order valence-electron chi connectivity index (χ3n) is 11.9. The monoisotopic (exact) mass is 646 g/mol. The second kappa shape index (κ2) is 10.9. The first-order valence-electron chi connectivity index (χ1n) is 18.1. The Labute approximate surface area is 299 Å². The minimum atomic E-state index is -0.437. The highest BCUT2D eigenvalue weighted by Gasteiger charge is 2.46. The Balaban J connectivity index is 1.06. The number of benzene rings is 8. The van der Waals surface area contributed by atoms with Crippen molar-refractivity contribution in [1.82, 2.24) is 0 Å². The number of fused-ring (bicyclic) bond motifs is 9. The molecule has 11 rings (SSSR count). The molecule has 0 saturated heterocycles. The van der Waals surface area contributed by atoms with Gasteiger partial charge in [0.05, 0.1) is 5.41 Å². The quantitative estimate of drug-likeness (QED) is 0.178. The number of hydrogen-bond acceptors (Lipinski definition) is 0. The normalized spacial score (nSPS) is 13.9. The lowest BCUT2D eigenvalue weighted by Crippen LogP contribution is -2.28. The van der Waals surface area contributed by atoms with Gasteiger partial charge in [-0.1, -0.05) is 182 Å². The van der Waals surface area contributed by atoms with E-state index in [2.05, 4.69) is 182 Å². The zero-order chi connectivity index (χ0) is 33.5. The lowest BCUT2D eigenvalue weighted by atomic mass is 9.67. The van der Waals surface area contributed by atoms with Crippen LogP contribution in [0.1, 0.15) is 44.5 Å². The molecule has 0 heteroatoms. The van der Waals surface area contributed by atoms with Gasteiger partial charge in [-0.3, -0.25) is 0 Å². The molecule has 0 aromatic heterocycles. The third kappa shape index (κ3) is 4.02. The molecule has 8 aromatic carbocycles. The Hall–Kier alpha value is -6.24. The molecule has 0 N–H and O–H groups in total. The molecule has 0 spiro atoms. The fraction of sp³-hybridized carbons (Fsp3) is 0.0588. The van der Waals surface area contributed by atoms with Crippen LogP contribution in [0.4, 0.5) is 0 Å². The van der Waals surface area contributed by atoms with Gasteiger partial charge in [0.25, 0.3) is 0 Å². The van der Waals surface area contributed by atoms with Gasteiger partial charge in [-0.15, -0.1) is 0 Å². The maximum atomic E-state index is 2.39. The van der Waals surface area contributed by atoms with E-state index in [9.17, 15) is 0 Å². The second-order valence-corrected chi connectivity index (χ2v) is 14.3. The second-order valence-electron chi connectivity index (χ2n) is 14.3. The minimum absolute atomic E-state index is 0.437. The molecule has 0 radical (unpaired) electrons. The largest absolute Gasteiger partial charge is 0.0713 e. The van der Waals surface area contributed by atoms with E-state index in [1.807, 2.05) is 0 Å². The van der Waals surface area contributed by atoms with Crippen molar-refractivity contribution in [2.45, 2.75) is 18.3 Å². The molecular weight excluding hydrogens is 613 g/mol. The van der Waals surface area contributed by atoms with Gasteiger partial charge in [0.15, 0.2) is 0 Å². The fourth-order valence-electron chi connectivity index (χ4n) is 9.68. The van der Waals surface area contributed by atoms with Crippen molar-refractivity contribution >= 4 is 0 Å². The van der Waals surface area contributed by atoms with Crippen molar-refractivity contribution in [1.29, 1.82) is 0 Å². The number of rotatable bonds is 4. The molecule has 0 amide bonds.